The van der Waals surface area contributed by atoms with Gasteiger partial charge in [0.1, 0.15) is 0 Å². The van der Waals surface area contributed by atoms with Gasteiger partial charge < -0.3 is 4.74 Å². The molecule has 0 spiro atoms. The third-order valence-corrected chi connectivity index (χ3v) is 3.13. The molecule has 0 aliphatic rings. The molecule has 2 aromatic rings. The summed E-state index contributed by atoms with van der Waals surface area (Å²) in [6, 6.07) is 14.5. The molecular formula is C15H13Cl2O. The molecule has 0 heterocycles. The Balaban J connectivity index is 1.99. The molecule has 0 saturated carbocycles. The number of hydrogen-bond donors (Lipinski definition) is 0. The standard InChI is InChI=1S/C15H13Cl2O/c1-11-9-13(16)15(14(17)10-11)18-8-7-12-5-3-2-4-6-12/h3-6,9-10H,7-8H2,1H3. The first kappa shape index (κ1) is 13.3. The monoisotopic (exact) mass is 279 g/mol. The van der Waals surface area contributed by atoms with Crippen molar-refractivity contribution in [1.82, 2.24) is 0 Å². The van der Waals surface area contributed by atoms with Crippen LogP contribution in [0, 0.1) is 13.0 Å². The van der Waals surface area contributed by atoms with Gasteiger partial charge in [-0.15, -0.1) is 0 Å². The maximum absolute atomic E-state index is 6.10. The van der Waals surface area contributed by atoms with Gasteiger partial charge in [-0.3, -0.25) is 0 Å². The van der Waals surface area contributed by atoms with E-state index in [1.54, 1.807) is 0 Å². The molecule has 93 valence electrons. The molecule has 0 saturated heterocycles. The molecule has 18 heavy (non-hydrogen) atoms. The third kappa shape index (κ3) is 3.41. The average molecular weight is 280 g/mol. The van der Waals surface area contributed by atoms with Crippen molar-refractivity contribution < 1.29 is 4.74 Å². The molecule has 0 N–H and O–H groups in total. The molecule has 1 nitrogen and oxygen atoms in total. The zero-order valence-corrected chi connectivity index (χ0v) is 11.6. The first-order chi connectivity index (χ1) is 8.66. The summed E-state index contributed by atoms with van der Waals surface area (Å²) in [6.45, 7) is 2.49. The van der Waals surface area contributed by atoms with Crippen LogP contribution < -0.4 is 4.74 Å². The number of benzene rings is 2. The van der Waals surface area contributed by atoms with Crippen molar-refractivity contribution in [2.45, 2.75) is 13.3 Å². The van der Waals surface area contributed by atoms with Crippen LogP contribution in [0.5, 0.6) is 5.75 Å². The predicted molar refractivity (Wildman–Crippen MR) is 75.7 cm³/mol. The maximum Gasteiger partial charge on any atom is 0.156 e. The normalized spacial score (nSPS) is 10.4. The minimum absolute atomic E-state index is 0.548. The molecule has 0 aliphatic heterocycles. The van der Waals surface area contributed by atoms with Gasteiger partial charge in [-0.2, -0.15) is 0 Å². The second-order valence-electron chi connectivity index (χ2n) is 4.06. The van der Waals surface area contributed by atoms with E-state index in [0.29, 0.717) is 22.4 Å². The van der Waals surface area contributed by atoms with Crippen LogP contribution in [0.2, 0.25) is 10.0 Å². The number of hydrogen-bond acceptors (Lipinski definition) is 1. The van der Waals surface area contributed by atoms with Gasteiger partial charge >= 0.3 is 0 Å². The van der Waals surface area contributed by atoms with Crippen molar-refractivity contribution >= 4 is 23.2 Å². The fourth-order valence-corrected chi connectivity index (χ4v) is 2.39. The third-order valence-electron chi connectivity index (χ3n) is 2.57. The molecule has 3 heteroatoms. The lowest BCUT2D eigenvalue weighted by molar-refractivity contribution is 0.322. The lowest BCUT2D eigenvalue weighted by Crippen LogP contribution is -2.02. The first-order valence-electron chi connectivity index (χ1n) is 5.70. The van der Waals surface area contributed by atoms with Crippen molar-refractivity contribution in [3.05, 3.63) is 63.6 Å². The summed E-state index contributed by atoms with van der Waals surface area (Å²) < 4.78 is 5.65. The maximum atomic E-state index is 6.10. The Bertz CT molecular complexity index is 500. The smallest absolute Gasteiger partial charge is 0.156 e. The molecule has 0 fully saturated rings. The Labute approximate surface area is 117 Å². The Morgan fingerprint density at radius 2 is 1.72 bits per heavy atom. The van der Waals surface area contributed by atoms with Crippen molar-refractivity contribution in [1.29, 1.82) is 0 Å². The van der Waals surface area contributed by atoms with E-state index in [2.05, 4.69) is 6.07 Å². The van der Waals surface area contributed by atoms with E-state index >= 15 is 0 Å². The lowest BCUT2D eigenvalue weighted by atomic mass is 10.2. The van der Waals surface area contributed by atoms with Crippen molar-refractivity contribution in [2.75, 3.05) is 6.61 Å². The van der Waals surface area contributed by atoms with Crippen LogP contribution in [0.4, 0.5) is 0 Å². The van der Waals surface area contributed by atoms with E-state index in [1.807, 2.05) is 43.3 Å². The highest BCUT2D eigenvalue weighted by Gasteiger charge is 2.08. The fraction of sp³-hybridized carbons (Fsp3) is 0.200. The molecule has 0 aliphatic carbocycles. The summed E-state index contributed by atoms with van der Waals surface area (Å²) in [5.74, 6) is 0.562. The van der Waals surface area contributed by atoms with Gasteiger partial charge in [0.2, 0.25) is 0 Å². The van der Waals surface area contributed by atoms with Crippen LogP contribution in [0.1, 0.15) is 11.1 Å². The highest BCUT2D eigenvalue weighted by molar-refractivity contribution is 6.37. The minimum atomic E-state index is 0.548. The van der Waals surface area contributed by atoms with Crippen LogP contribution in [0.15, 0.2) is 36.4 Å². The van der Waals surface area contributed by atoms with Crippen LogP contribution in [0.25, 0.3) is 0 Å². The summed E-state index contributed by atoms with van der Waals surface area (Å²) in [5.41, 5.74) is 2.23. The van der Waals surface area contributed by atoms with Gasteiger partial charge in [0.05, 0.1) is 16.7 Å². The van der Waals surface area contributed by atoms with E-state index < -0.39 is 0 Å². The first-order valence-corrected chi connectivity index (χ1v) is 6.46. The Morgan fingerprint density at radius 3 is 2.33 bits per heavy atom. The summed E-state index contributed by atoms with van der Waals surface area (Å²) in [4.78, 5) is 0. The number of ether oxygens (including phenoxy) is 1. The molecule has 2 rings (SSSR count). The van der Waals surface area contributed by atoms with Crippen molar-refractivity contribution in [2.24, 2.45) is 0 Å². The molecular weight excluding hydrogens is 267 g/mol. The van der Waals surface area contributed by atoms with E-state index in [1.165, 1.54) is 5.56 Å². The summed E-state index contributed by atoms with van der Waals surface area (Å²) in [6.07, 6.45) is 0.815. The number of aryl methyl sites for hydroxylation is 1. The predicted octanol–water partition coefficient (Wildman–Crippen LogP) is 4.72. The molecule has 0 unspecified atom stereocenters. The van der Waals surface area contributed by atoms with Crippen LogP contribution in [-0.4, -0.2) is 6.61 Å². The van der Waals surface area contributed by atoms with E-state index in [-0.39, 0.29) is 0 Å². The van der Waals surface area contributed by atoms with Crippen LogP contribution in [0.3, 0.4) is 0 Å². The van der Waals surface area contributed by atoms with Crippen LogP contribution in [-0.2, 0) is 6.42 Å². The zero-order valence-electron chi connectivity index (χ0n) is 10.0. The second kappa shape index (κ2) is 6.12. The lowest BCUT2D eigenvalue weighted by Gasteiger charge is -2.10. The van der Waals surface area contributed by atoms with Gasteiger partial charge in [-0.1, -0.05) is 47.5 Å². The number of rotatable bonds is 4. The Morgan fingerprint density at radius 1 is 1.11 bits per heavy atom. The molecule has 0 bridgehead atoms. The van der Waals surface area contributed by atoms with Crippen LogP contribution >= 0.6 is 23.2 Å². The van der Waals surface area contributed by atoms with Crippen molar-refractivity contribution in [3.63, 3.8) is 0 Å². The van der Waals surface area contributed by atoms with Gasteiger partial charge in [-0.05, 0) is 36.2 Å². The van der Waals surface area contributed by atoms with E-state index in [0.717, 1.165) is 12.0 Å². The highest BCUT2D eigenvalue weighted by atomic mass is 35.5. The highest BCUT2D eigenvalue weighted by Crippen LogP contribution is 2.34. The van der Waals surface area contributed by atoms with Gasteiger partial charge in [0.25, 0.3) is 0 Å². The fourth-order valence-electron chi connectivity index (χ4n) is 1.68. The topological polar surface area (TPSA) is 9.23 Å². The summed E-state index contributed by atoms with van der Waals surface area (Å²) >= 11 is 12.2. The Hall–Kier alpha value is -1.18. The molecule has 1 radical (unpaired) electrons. The van der Waals surface area contributed by atoms with Gasteiger partial charge in [0.15, 0.2) is 5.75 Å². The molecule has 0 atom stereocenters. The number of halogens is 2. The molecule has 0 amide bonds. The molecule has 2 aromatic carbocycles. The zero-order chi connectivity index (χ0) is 13.0. The summed E-state index contributed by atoms with van der Waals surface area (Å²) in [7, 11) is 0. The van der Waals surface area contributed by atoms with E-state index in [4.69, 9.17) is 27.9 Å². The van der Waals surface area contributed by atoms with Gasteiger partial charge in [0, 0.05) is 6.42 Å². The summed E-state index contributed by atoms with van der Waals surface area (Å²) in [5, 5.41) is 1.11. The van der Waals surface area contributed by atoms with Gasteiger partial charge in [-0.25, -0.2) is 0 Å². The SMILES string of the molecule is Cc1cc(Cl)c(OCCc2cc[c]cc2)c(Cl)c1. The second-order valence-corrected chi connectivity index (χ2v) is 4.88. The molecule has 0 aromatic heterocycles. The average Bonchev–Trinajstić information content (AvgIpc) is 2.34. The largest absolute Gasteiger partial charge is 0.490 e. The Kier molecular flexibility index (Phi) is 4.51. The van der Waals surface area contributed by atoms with Crippen molar-refractivity contribution in [3.8, 4) is 5.75 Å². The quantitative estimate of drug-likeness (QED) is 0.787. The minimum Gasteiger partial charge on any atom is -0.490 e. The van der Waals surface area contributed by atoms with E-state index in [9.17, 15) is 0 Å².